The summed E-state index contributed by atoms with van der Waals surface area (Å²) in [6.45, 7) is 1.42. The summed E-state index contributed by atoms with van der Waals surface area (Å²) in [6.07, 6.45) is 1.60. The number of hydrogen-bond donors (Lipinski definition) is 1. The second-order valence-electron chi connectivity index (χ2n) is 4.84. The van der Waals surface area contributed by atoms with E-state index < -0.39 is 0 Å². The van der Waals surface area contributed by atoms with E-state index in [0.29, 0.717) is 12.1 Å². The van der Waals surface area contributed by atoms with Crippen LogP contribution in [-0.4, -0.2) is 50.1 Å². The summed E-state index contributed by atoms with van der Waals surface area (Å²) in [5.74, 6) is 0.647. The van der Waals surface area contributed by atoms with Gasteiger partial charge in [0.1, 0.15) is 5.75 Å². The van der Waals surface area contributed by atoms with Gasteiger partial charge in [0.2, 0.25) is 0 Å². The summed E-state index contributed by atoms with van der Waals surface area (Å²) in [5, 5.41) is 3.76. The lowest BCUT2D eigenvalue weighted by Crippen LogP contribution is -2.31. The van der Waals surface area contributed by atoms with E-state index in [-0.39, 0.29) is 5.91 Å². The molecule has 20 heavy (non-hydrogen) atoms. The van der Waals surface area contributed by atoms with Crippen molar-refractivity contribution in [3.05, 3.63) is 36.0 Å². The lowest BCUT2D eigenvalue weighted by molar-refractivity contribution is 0.0951. The molecule has 1 heterocycles. The average molecular weight is 273 g/mol. The summed E-state index contributed by atoms with van der Waals surface area (Å²) >= 11 is 0. The van der Waals surface area contributed by atoms with Gasteiger partial charge in [-0.3, -0.25) is 9.78 Å². The highest BCUT2D eigenvalue weighted by Crippen LogP contribution is 2.19. The lowest BCUT2D eigenvalue weighted by Gasteiger charge is -2.10. The number of amides is 1. The van der Waals surface area contributed by atoms with E-state index in [1.54, 1.807) is 13.3 Å². The summed E-state index contributed by atoms with van der Waals surface area (Å²) < 4.78 is 5.18. The van der Waals surface area contributed by atoms with Gasteiger partial charge in [-0.15, -0.1) is 0 Å². The highest BCUT2D eigenvalue weighted by molar-refractivity contribution is 5.97. The van der Waals surface area contributed by atoms with Crippen LogP contribution in [0, 0.1) is 0 Å². The van der Waals surface area contributed by atoms with E-state index in [1.165, 1.54) is 0 Å². The van der Waals surface area contributed by atoms with E-state index in [4.69, 9.17) is 4.74 Å². The molecule has 0 radical (unpaired) electrons. The van der Waals surface area contributed by atoms with Crippen LogP contribution in [0.1, 0.15) is 10.4 Å². The van der Waals surface area contributed by atoms with Gasteiger partial charge < -0.3 is 15.0 Å². The van der Waals surface area contributed by atoms with Crippen molar-refractivity contribution in [1.29, 1.82) is 0 Å². The van der Waals surface area contributed by atoms with E-state index in [1.807, 2.05) is 43.3 Å². The molecule has 0 aliphatic rings. The zero-order chi connectivity index (χ0) is 14.5. The Balaban J connectivity index is 2.15. The number of nitrogens with one attached hydrogen (secondary N) is 1. The molecule has 1 N–H and O–H groups in total. The first-order chi connectivity index (χ1) is 9.60. The number of benzene rings is 1. The Labute approximate surface area is 118 Å². The molecule has 5 nitrogen and oxygen atoms in total. The number of likely N-dealkylation sites (N-methyl/N-ethyl adjacent to an activating group) is 1. The molecule has 1 aromatic carbocycles. The van der Waals surface area contributed by atoms with Crippen LogP contribution in [0.2, 0.25) is 0 Å². The molecule has 1 amide bonds. The third-order valence-corrected chi connectivity index (χ3v) is 3.00. The van der Waals surface area contributed by atoms with Crippen molar-refractivity contribution < 1.29 is 9.53 Å². The molecule has 0 aliphatic heterocycles. The lowest BCUT2D eigenvalue weighted by atomic mass is 10.1. The summed E-state index contributed by atoms with van der Waals surface area (Å²) in [5.41, 5.74) is 1.40. The summed E-state index contributed by atoms with van der Waals surface area (Å²) in [6, 6.07) is 7.43. The Bertz CT molecular complexity index is 611. The summed E-state index contributed by atoms with van der Waals surface area (Å²) in [4.78, 5) is 18.3. The molecule has 0 unspecified atom stereocenters. The Morgan fingerprint density at radius 3 is 2.85 bits per heavy atom. The molecular formula is C15H19N3O2. The number of carbonyl (C=O) groups is 1. The normalized spacial score (nSPS) is 10.8. The van der Waals surface area contributed by atoms with Gasteiger partial charge in [-0.2, -0.15) is 0 Å². The van der Waals surface area contributed by atoms with Crippen LogP contribution in [0.4, 0.5) is 0 Å². The Morgan fingerprint density at radius 1 is 1.35 bits per heavy atom. The number of nitrogens with zero attached hydrogens (tertiary/aromatic N) is 2. The molecule has 2 aromatic rings. The standard InChI is InChI=1S/C15H19N3O2/c1-18(2)7-6-16-15(19)12-8-11-9-13(20-3)4-5-14(11)17-10-12/h4-5,8-10H,6-7H2,1-3H3,(H,16,19). The second-order valence-corrected chi connectivity index (χ2v) is 4.84. The highest BCUT2D eigenvalue weighted by Gasteiger charge is 2.07. The SMILES string of the molecule is COc1ccc2ncc(C(=O)NCCN(C)C)cc2c1. The summed E-state index contributed by atoms with van der Waals surface area (Å²) in [7, 11) is 5.55. The molecule has 0 atom stereocenters. The minimum atomic E-state index is -0.107. The minimum Gasteiger partial charge on any atom is -0.497 e. The monoisotopic (exact) mass is 273 g/mol. The number of aromatic nitrogens is 1. The maximum absolute atomic E-state index is 12.0. The molecule has 0 saturated carbocycles. The molecule has 0 bridgehead atoms. The smallest absolute Gasteiger partial charge is 0.252 e. The van der Waals surface area contributed by atoms with E-state index in [2.05, 4.69) is 10.3 Å². The number of carbonyl (C=O) groups excluding carboxylic acids is 1. The van der Waals surface area contributed by atoms with Crippen LogP contribution in [0.15, 0.2) is 30.5 Å². The molecule has 5 heteroatoms. The van der Waals surface area contributed by atoms with E-state index in [9.17, 15) is 4.79 Å². The minimum absolute atomic E-state index is 0.107. The van der Waals surface area contributed by atoms with Gasteiger partial charge in [0, 0.05) is 24.7 Å². The predicted octanol–water partition coefficient (Wildman–Crippen LogP) is 1.53. The fourth-order valence-corrected chi connectivity index (χ4v) is 1.86. The quantitative estimate of drug-likeness (QED) is 0.897. The maximum atomic E-state index is 12.0. The van der Waals surface area contributed by atoms with Crippen molar-refractivity contribution in [2.24, 2.45) is 0 Å². The number of fused-ring (bicyclic) bond motifs is 1. The van der Waals surface area contributed by atoms with Gasteiger partial charge in [-0.1, -0.05) is 0 Å². The van der Waals surface area contributed by atoms with Crippen molar-refractivity contribution in [1.82, 2.24) is 15.2 Å². The molecule has 0 spiro atoms. The van der Waals surface area contributed by atoms with Gasteiger partial charge in [0.15, 0.2) is 0 Å². The first-order valence-corrected chi connectivity index (χ1v) is 6.47. The molecule has 106 valence electrons. The third kappa shape index (κ3) is 3.45. The van der Waals surface area contributed by atoms with Crippen LogP contribution >= 0.6 is 0 Å². The van der Waals surface area contributed by atoms with Crippen molar-refractivity contribution in [3.63, 3.8) is 0 Å². The molecular weight excluding hydrogens is 254 g/mol. The largest absolute Gasteiger partial charge is 0.497 e. The number of rotatable bonds is 5. The van der Waals surface area contributed by atoms with Gasteiger partial charge in [-0.25, -0.2) is 0 Å². The van der Waals surface area contributed by atoms with Crippen molar-refractivity contribution in [2.45, 2.75) is 0 Å². The second kappa shape index (κ2) is 6.34. The Kier molecular flexibility index (Phi) is 4.53. The first-order valence-electron chi connectivity index (χ1n) is 6.47. The van der Waals surface area contributed by atoms with Gasteiger partial charge >= 0.3 is 0 Å². The molecule has 0 saturated heterocycles. The molecule has 0 fully saturated rings. The van der Waals surface area contributed by atoms with Crippen molar-refractivity contribution in [2.75, 3.05) is 34.3 Å². The number of hydrogen-bond acceptors (Lipinski definition) is 4. The van der Waals surface area contributed by atoms with Crippen molar-refractivity contribution in [3.8, 4) is 5.75 Å². The van der Waals surface area contributed by atoms with Crippen LogP contribution in [0.5, 0.6) is 5.75 Å². The van der Waals surface area contributed by atoms with Crippen LogP contribution in [-0.2, 0) is 0 Å². The average Bonchev–Trinajstić information content (AvgIpc) is 2.45. The van der Waals surface area contributed by atoms with E-state index >= 15 is 0 Å². The number of ether oxygens (including phenoxy) is 1. The van der Waals surface area contributed by atoms with Crippen LogP contribution in [0.3, 0.4) is 0 Å². The number of methoxy groups -OCH3 is 1. The van der Waals surface area contributed by atoms with Crippen molar-refractivity contribution >= 4 is 16.8 Å². The number of pyridine rings is 1. The predicted molar refractivity (Wildman–Crippen MR) is 79.2 cm³/mol. The Morgan fingerprint density at radius 2 is 2.15 bits per heavy atom. The topological polar surface area (TPSA) is 54.5 Å². The van der Waals surface area contributed by atoms with Gasteiger partial charge in [0.25, 0.3) is 5.91 Å². The molecule has 2 rings (SSSR count). The van der Waals surface area contributed by atoms with Crippen LogP contribution in [0.25, 0.3) is 10.9 Å². The Hall–Kier alpha value is -2.14. The highest BCUT2D eigenvalue weighted by atomic mass is 16.5. The fourth-order valence-electron chi connectivity index (χ4n) is 1.86. The zero-order valence-corrected chi connectivity index (χ0v) is 12.0. The van der Waals surface area contributed by atoms with Gasteiger partial charge in [-0.05, 0) is 38.4 Å². The molecule has 0 aliphatic carbocycles. The van der Waals surface area contributed by atoms with Crippen LogP contribution < -0.4 is 10.1 Å². The van der Waals surface area contributed by atoms with Gasteiger partial charge in [0.05, 0.1) is 18.2 Å². The maximum Gasteiger partial charge on any atom is 0.252 e. The fraction of sp³-hybridized carbons (Fsp3) is 0.333. The van der Waals surface area contributed by atoms with E-state index in [0.717, 1.165) is 23.2 Å². The molecule has 1 aromatic heterocycles. The third-order valence-electron chi connectivity index (χ3n) is 3.00. The first kappa shape index (κ1) is 14.3. The zero-order valence-electron chi connectivity index (χ0n) is 12.0.